The van der Waals surface area contributed by atoms with Gasteiger partial charge in [0.25, 0.3) is 0 Å². The van der Waals surface area contributed by atoms with Gasteiger partial charge in [0.15, 0.2) is 5.78 Å². The highest BCUT2D eigenvalue weighted by atomic mass is 16.6. The molecule has 7 heteroatoms. The Labute approximate surface area is 147 Å². The lowest BCUT2D eigenvalue weighted by molar-refractivity contribution is -0.191. The normalized spacial score (nSPS) is 34.6. The highest BCUT2D eigenvalue weighted by Crippen LogP contribution is 2.59. The Bertz CT molecular complexity index is 596. The second-order valence-electron chi connectivity index (χ2n) is 7.13. The Morgan fingerprint density at radius 1 is 1.36 bits per heavy atom. The van der Waals surface area contributed by atoms with Crippen molar-refractivity contribution in [3.63, 3.8) is 0 Å². The molecule has 2 aliphatic carbocycles. The molecule has 25 heavy (non-hydrogen) atoms. The summed E-state index contributed by atoms with van der Waals surface area (Å²) in [6.45, 7) is 4.84. The van der Waals surface area contributed by atoms with E-state index in [4.69, 9.17) is 19.3 Å². The van der Waals surface area contributed by atoms with E-state index in [0.29, 0.717) is 18.6 Å². The SMILES string of the molecule is COC(=O)[C@@]1(C)[C@@H](OC(C)=O)CC[C@]2(C)C(OCCO)=CC(=O)C[C@@H]12. The van der Waals surface area contributed by atoms with Crippen LogP contribution in [-0.2, 0) is 28.6 Å². The lowest BCUT2D eigenvalue weighted by atomic mass is 9.51. The minimum Gasteiger partial charge on any atom is -0.495 e. The molecule has 0 aromatic rings. The van der Waals surface area contributed by atoms with E-state index < -0.39 is 34.8 Å². The van der Waals surface area contributed by atoms with Crippen LogP contribution in [0, 0.1) is 16.7 Å². The number of ether oxygens (including phenoxy) is 3. The zero-order valence-corrected chi connectivity index (χ0v) is 15.2. The van der Waals surface area contributed by atoms with Gasteiger partial charge in [0, 0.05) is 24.8 Å². The number of hydrogen-bond donors (Lipinski definition) is 1. The van der Waals surface area contributed by atoms with Crippen molar-refractivity contribution in [2.75, 3.05) is 20.3 Å². The highest BCUT2D eigenvalue weighted by Gasteiger charge is 2.62. The summed E-state index contributed by atoms with van der Waals surface area (Å²) in [5, 5.41) is 9.04. The largest absolute Gasteiger partial charge is 0.495 e. The predicted octanol–water partition coefficient (Wildman–Crippen LogP) is 1.38. The molecule has 1 fully saturated rings. The lowest BCUT2D eigenvalue weighted by Gasteiger charge is -2.54. The van der Waals surface area contributed by atoms with Crippen LogP contribution < -0.4 is 0 Å². The maximum atomic E-state index is 12.7. The maximum absolute atomic E-state index is 12.7. The van der Waals surface area contributed by atoms with Crippen LogP contribution in [0.2, 0.25) is 0 Å². The lowest BCUT2D eigenvalue weighted by Crippen LogP contribution is -2.59. The third kappa shape index (κ3) is 3.29. The summed E-state index contributed by atoms with van der Waals surface area (Å²) < 4.78 is 16.1. The number of aliphatic hydroxyl groups excluding tert-OH is 1. The Morgan fingerprint density at radius 3 is 2.60 bits per heavy atom. The van der Waals surface area contributed by atoms with Gasteiger partial charge < -0.3 is 19.3 Å². The van der Waals surface area contributed by atoms with Gasteiger partial charge in [0.2, 0.25) is 0 Å². The van der Waals surface area contributed by atoms with Crippen molar-refractivity contribution in [1.29, 1.82) is 0 Å². The van der Waals surface area contributed by atoms with Gasteiger partial charge in [-0.15, -0.1) is 0 Å². The van der Waals surface area contributed by atoms with E-state index >= 15 is 0 Å². The zero-order valence-electron chi connectivity index (χ0n) is 15.2. The molecular formula is C18H26O7. The third-order valence-corrected chi connectivity index (χ3v) is 5.63. The topological polar surface area (TPSA) is 99.1 Å². The van der Waals surface area contributed by atoms with Crippen LogP contribution in [-0.4, -0.2) is 49.3 Å². The molecule has 0 heterocycles. The van der Waals surface area contributed by atoms with Gasteiger partial charge in [-0.05, 0) is 25.7 Å². The van der Waals surface area contributed by atoms with E-state index in [2.05, 4.69) is 0 Å². The first-order valence-corrected chi connectivity index (χ1v) is 8.44. The first-order chi connectivity index (χ1) is 11.7. The molecule has 0 aromatic carbocycles. The fourth-order valence-electron chi connectivity index (χ4n) is 4.33. The van der Waals surface area contributed by atoms with E-state index in [9.17, 15) is 14.4 Å². The Balaban J connectivity index is 2.49. The molecule has 4 atom stereocenters. The first-order valence-electron chi connectivity index (χ1n) is 8.44. The summed E-state index contributed by atoms with van der Waals surface area (Å²) in [7, 11) is 1.29. The molecule has 0 bridgehead atoms. The number of hydrogen-bond acceptors (Lipinski definition) is 7. The second kappa shape index (κ2) is 7.15. The minimum atomic E-state index is -1.16. The minimum absolute atomic E-state index is 0.0732. The molecule has 7 nitrogen and oxygen atoms in total. The smallest absolute Gasteiger partial charge is 0.315 e. The van der Waals surface area contributed by atoms with Crippen LogP contribution in [0.15, 0.2) is 11.8 Å². The second-order valence-corrected chi connectivity index (χ2v) is 7.13. The molecule has 0 aromatic heterocycles. The van der Waals surface area contributed by atoms with Gasteiger partial charge in [-0.2, -0.15) is 0 Å². The molecule has 0 aliphatic heterocycles. The van der Waals surface area contributed by atoms with Gasteiger partial charge in [-0.3, -0.25) is 14.4 Å². The number of ketones is 1. The molecule has 0 amide bonds. The number of carbonyl (C=O) groups is 3. The van der Waals surface area contributed by atoms with Crippen LogP contribution in [0.4, 0.5) is 0 Å². The van der Waals surface area contributed by atoms with E-state index in [1.54, 1.807) is 6.92 Å². The molecule has 0 saturated heterocycles. The summed E-state index contributed by atoms with van der Waals surface area (Å²) in [5.74, 6) is -1.10. The van der Waals surface area contributed by atoms with Crippen molar-refractivity contribution in [2.45, 2.75) is 46.1 Å². The first kappa shape index (κ1) is 19.4. The van der Waals surface area contributed by atoms with E-state index in [1.165, 1.54) is 20.1 Å². The standard InChI is InChI=1S/C18H26O7/c1-11(20)25-14-5-6-17(2)13(18(14,3)16(22)23-4)9-12(21)10-15(17)24-8-7-19/h10,13-14,19H,5-9H2,1-4H3/t13-,14+,17+,18-/m1/s1. The molecule has 0 spiro atoms. The number of esters is 2. The Hall–Kier alpha value is -1.89. The van der Waals surface area contributed by atoms with E-state index in [1.807, 2.05) is 6.92 Å². The van der Waals surface area contributed by atoms with Crippen molar-refractivity contribution < 1.29 is 33.7 Å². The third-order valence-electron chi connectivity index (χ3n) is 5.63. The predicted molar refractivity (Wildman–Crippen MR) is 87.3 cm³/mol. The van der Waals surface area contributed by atoms with Gasteiger partial charge in [-0.25, -0.2) is 0 Å². The molecule has 2 aliphatic rings. The number of allylic oxidation sites excluding steroid dienone is 2. The van der Waals surface area contributed by atoms with Crippen LogP contribution in [0.25, 0.3) is 0 Å². The van der Waals surface area contributed by atoms with Gasteiger partial charge >= 0.3 is 11.9 Å². The summed E-state index contributed by atoms with van der Waals surface area (Å²) in [5.41, 5.74) is -1.74. The van der Waals surface area contributed by atoms with Crippen molar-refractivity contribution in [3.05, 3.63) is 11.8 Å². The summed E-state index contributed by atoms with van der Waals surface area (Å²) in [4.78, 5) is 36.5. The van der Waals surface area contributed by atoms with Gasteiger partial charge in [-0.1, -0.05) is 6.92 Å². The maximum Gasteiger partial charge on any atom is 0.315 e. The van der Waals surface area contributed by atoms with E-state index in [0.717, 1.165) is 0 Å². The van der Waals surface area contributed by atoms with Crippen molar-refractivity contribution in [1.82, 2.24) is 0 Å². The Kier molecular flexibility index (Phi) is 5.56. The highest BCUT2D eigenvalue weighted by molar-refractivity contribution is 5.93. The number of aliphatic hydroxyl groups is 1. The monoisotopic (exact) mass is 354 g/mol. The van der Waals surface area contributed by atoms with E-state index in [-0.39, 0.29) is 25.4 Å². The summed E-state index contributed by atoms with van der Waals surface area (Å²) >= 11 is 0. The molecule has 0 unspecified atom stereocenters. The number of methoxy groups -OCH3 is 1. The van der Waals surface area contributed by atoms with Crippen molar-refractivity contribution in [3.8, 4) is 0 Å². The van der Waals surface area contributed by atoms with Crippen molar-refractivity contribution >= 4 is 17.7 Å². The molecule has 1 N–H and O–H groups in total. The fraction of sp³-hybridized carbons (Fsp3) is 0.722. The molecule has 0 radical (unpaired) electrons. The Morgan fingerprint density at radius 2 is 2.04 bits per heavy atom. The average Bonchev–Trinajstić information content (AvgIpc) is 2.56. The van der Waals surface area contributed by atoms with Crippen LogP contribution >= 0.6 is 0 Å². The molecular weight excluding hydrogens is 328 g/mol. The quantitative estimate of drug-likeness (QED) is 0.745. The summed E-state index contributed by atoms with van der Waals surface area (Å²) in [6.07, 6.45) is 1.97. The van der Waals surface area contributed by atoms with Crippen LogP contribution in [0.3, 0.4) is 0 Å². The number of rotatable bonds is 5. The number of fused-ring (bicyclic) bond motifs is 1. The zero-order chi connectivity index (χ0) is 18.8. The van der Waals surface area contributed by atoms with Gasteiger partial charge in [0.05, 0.1) is 13.7 Å². The van der Waals surface area contributed by atoms with Gasteiger partial charge in [0.1, 0.15) is 23.9 Å². The fourth-order valence-corrected chi connectivity index (χ4v) is 4.33. The number of carbonyl (C=O) groups excluding carboxylic acids is 3. The molecule has 140 valence electrons. The van der Waals surface area contributed by atoms with Crippen molar-refractivity contribution in [2.24, 2.45) is 16.7 Å². The van der Waals surface area contributed by atoms with Crippen LogP contribution in [0.1, 0.15) is 40.0 Å². The molecule has 1 saturated carbocycles. The molecule has 2 rings (SSSR count). The summed E-state index contributed by atoms with van der Waals surface area (Å²) in [6, 6.07) is 0. The average molecular weight is 354 g/mol. The van der Waals surface area contributed by atoms with Crippen LogP contribution in [0.5, 0.6) is 0 Å².